The average Bonchev–Trinajstić information content (AvgIpc) is 3.10. The van der Waals surface area contributed by atoms with Crippen molar-refractivity contribution < 1.29 is 13.2 Å². The van der Waals surface area contributed by atoms with E-state index in [1.165, 1.54) is 6.07 Å². The van der Waals surface area contributed by atoms with Gasteiger partial charge in [-0.25, -0.2) is 8.42 Å². The number of amidine groups is 1. The largest absolute Gasteiger partial charge is 0.493 e. The Bertz CT molecular complexity index is 1080. The molecule has 0 aliphatic heterocycles. The minimum absolute atomic E-state index is 0.0342. The number of nitrogens with two attached hydrogens (primary N) is 1. The van der Waals surface area contributed by atoms with E-state index in [0.717, 1.165) is 16.9 Å². The van der Waals surface area contributed by atoms with Crippen LogP contribution in [-0.2, 0) is 16.4 Å². The fourth-order valence-electron chi connectivity index (χ4n) is 2.43. The van der Waals surface area contributed by atoms with E-state index in [1.54, 1.807) is 42.5 Å². The van der Waals surface area contributed by atoms with Crippen LogP contribution in [0.15, 0.2) is 64.9 Å². The minimum Gasteiger partial charge on any atom is -0.493 e. The molecule has 0 spiro atoms. The summed E-state index contributed by atoms with van der Waals surface area (Å²) in [4.78, 5) is 0. The first-order valence-electron chi connectivity index (χ1n) is 8.28. The number of hydrogen-bond acceptors (Lipinski definition) is 5. The van der Waals surface area contributed by atoms with Gasteiger partial charge in [-0.1, -0.05) is 41.9 Å². The van der Waals surface area contributed by atoms with Crippen molar-refractivity contribution in [2.45, 2.75) is 10.6 Å². The molecule has 4 N–H and O–H groups in total. The summed E-state index contributed by atoms with van der Waals surface area (Å²) in [6, 6.07) is 17.2. The van der Waals surface area contributed by atoms with Gasteiger partial charge in [0.05, 0.1) is 16.6 Å². The first-order valence-corrected chi connectivity index (χ1v) is 11.0. The fourth-order valence-corrected chi connectivity index (χ4v) is 4.97. The Morgan fingerprint density at radius 2 is 1.89 bits per heavy atom. The number of halogens is 1. The van der Waals surface area contributed by atoms with Crippen LogP contribution in [0.1, 0.15) is 11.1 Å². The van der Waals surface area contributed by atoms with Crippen LogP contribution in [0.4, 0.5) is 5.69 Å². The van der Waals surface area contributed by atoms with Crippen LogP contribution in [0, 0.1) is 5.41 Å². The molecule has 9 heteroatoms. The molecule has 0 bridgehead atoms. The second kappa shape index (κ2) is 8.64. The molecule has 0 saturated carbocycles. The molecular formula is C19H18ClN3O3S2. The average molecular weight is 436 g/mol. The van der Waals surface area contributed by atoms with Crippen molar-refractivity contribution >= 4 is 44.5 Å². The van der Waals surface area contributed by atoms with Crippen molar-refractivity contribution in [2.75, 3.05) is 11.3 Å². The number of thiophene rings is 1. The maximum Gasteiger partial charge on any atom is 0.271 e. The first-order chi connectivity index (χ1) is 13.3. The number of hydrogen-bond donors (Lipinski definition) is 3. The van der Waals surface area contributed by atoms with Crippen LogP contribution in [0.3, 0.4) is 0 Å². The third-order valence-corrected chi connectivity index (χ3v) is 6.93. The highest BCUT2D eigenvalue weighted by Gasteiger charge is 2.17. The lowest BCUT2D eigenvalue weighted by atomic mass is 10.1. The van der Waals surface area contributed by atoms with Crippen molar-refractivity contribution in [3.05, 3.63) is 76.1 Å². The lowest BCUT2D eigenvalue weighted by Crippen LogP contribution is -2.11. The second-order valence-electron chi connectivity index (χ2n) is 5.90. The molecule has 1 heterocycles. The van der Waals surface area contributed by atoms with Gasteiger partial charge in [0.2, 0.25) is 0 Å². The van der Waals surface area contributed by atoms with Crippen molar-refractivity contribution in [3.8, 4) is 5.75 Å². The molecule has 2 aromatic carbocycles. The third kappa shape index (κ3) is 5.25. The summed E-state index contributed by atoms with van der Waals surface area (Å²) in [5.41, 5.74) is 7.58. The Morgan fingerprint density at radius 3 is 2.54 bits per heavy atom. The molecule has 0 aliphatic carbocycles. The van der Waals surface area contributed by atoms with Crippen LogP contribution in [0.25, 0.3) is 0 Å². The summed E-state index contributed by atoms with van der Waals surface area (Å²) >= 11 is 6.81. The molecule has 6 nitrogen and oxygen atoms in total. The van der Waals surface area contributed by atoms with E-state index in [9.17, 15) is 8.42 Å². The van der Waals surface area contributed by atoms with Gasteiger partial charge in [0.15, 0.2) is 0 Å². The molecule has 28 heavy (non-hydrogen) atoms. The van der Waals surface area contributed by atoms with E-state index in [2.05, 4.69) is 4.72 Å². The smallest absolute Gasteiger partial charge is 0.271 e. The van der Waals surface area contributed by atoms with Gasteiger partial charge in [0.1, 0.15) is 15.8 Å². The van der Waals surface area contributed by atoms with Crippen LogP contribution in [-0.4, -0.2) is 20.9 Å². The van der Waals surface area contributed by atoms with Crippen LogP contribution in [0.2, 0.25) is 4.34 Å². The Morgan fingerprint density at radius 1 is 1.14 bits per heavy atom. The Balaban J connectivity index is 1.59. The van der Waals surface area contributed by atoms with Crippen LogP contribution < -0.4 is 15.2 Å². The lowest BCUT2D eigenvalue weighted by molar-refractivity contribution is 0.322. The zero-order chi connectivity index (χ0) is 20.1. The number of sulfonamides is 1. The number of nitrogens with one attached hydrogen (secondary N) is 2. The molecule has 0 fully saturated rings. The normalized spacial score (nSPS) is 11.2. The second-order valence-corrected chi connectivity index (χ2v) is 9.53. The molecule has 3 rings (SSSR count). The van der Waals surface area contributed by atoms with Crippen molar-refractivity contribution in [1.29, 1.82) is 5.41 Å². The van der Waals surface area contributed by atoms with Crippen molar-refractivity contribution in [3.63, 3.8) is 0 Å². The molecule has 0 radical (unpaired) electrons. The standard InChI is InChI=1S/C19H18ClN3O3S2/c20-17-8-9-18(27-17)28(24,25)23-15-2-1-3-16(12-15)26-11-10-13-4-6-14(7-5-13)19(21)22/h1-9,12,23H,10-11H2,(H3,21,22). The maximum atomic E-state index is 12.4. The number of anilines is 1. The van der Waals surface area contributed by atoms with Gasteiger partial charge >= 0.3 is 0 Å². The highest BCUT2D eigenvalue weighted by atomic mass is 35.5. The number of nitrogen functional groups attached to an aromatic ring is 1. The molecule has 0 saturated heterocycles. The zero-order valence-electron chi connectivity index (χ0n) is 14.7. The van der Waals surface area contributed by atoms with E-state index in [-0.39, 0.29) is 10.0 Å². The van der Waals surface area contributed by atoms with Crippen molar-refractivity contribution in [1.82, 2.24) is 0 Å². The van der Waals surface area contributed by atoms with Gasteiger partial charge in [0.25, 0.3) is 10.0 Å². The Labute approximate surface area is 172 Å². The number of ether oxygens (including phenoxy) is 1. The van der Waals surface area contributed by atoms with Crippen LogP contribution in [0.5, 0.6) is 5.75 Å². The summed E-state index contributed by atoms with van der Waals surface area (Å²) in [7, 11) is -3.68. The molecule has 3 aromatic rings. The third-order valence-electron chi connectivity index (χ3n) is 3.82. The molecular weight excluding hydrogens is 418 g/mol. The minimum atomic E-state index is -3.68. The number of rotatable bonds is 8. The predicted octanol–water partition coefficient (Wildman–Crippen LogP) is 4.11. The topological polar surface area (TPSA) is 105 Å². The van der Waals surface area contributed by atoms with Gasteiger partial charge < -0.3 is 10.5 Å². The molecule has 0 atom stereocenters. The van der Waals surface area contributed by atoms with Gasteiger partial charge in [-0.15, -0.1) is 11.3 Å². The predicted molar refractivity (Wildman–Crippen MR) is 113 cm³/mol. The summed E-state index contributed by atoms with van der Waals surface area (Å²) in [5, 5.41) is 7.39. The number of benzene rings is 2. The van der Waals surface area contributed by atoms with E-state index < -0.39 is 10.0 Å². The fraction of sp³-hybridized carbons (Fsp3) is 0.105. The highest BCUT2D eigenvalue weighted by Crippen LogP contribution is 2.28. The van der Waals surface area contributed by atoms with Gasteiger partial charge in [-0.2, -0.15) is 0 Å². The molecule has 1 aromatic heterocycles. The highest BCUT2D eigenvalue weighted by molar-refractivity contribution is 7.94. The summed E-state index contributed by atoms with van der Waals surface area (Å²) in [6.45, 7) is 0.427. The van der Waals surface area contributed by atoms with Crippen LogP contribution >= 0.6 is 22.9 Å². The molecule has 0 aliphatic rings. The van der Waals surface area contributed by atoms with Gasteiger partial charge in [0, 0.05) is 18.1 Å². The van der Waals surface area contributed by atoms with Gasteiger partial charge in [-0.05, 0) is 29.8 Å². The van der Waals surface area contributed by atoms with E-state index in [1.807, 2.05) is 12.1 Å². The quantitative estimate of drug-likeness (QED) is 0.365. The van der Waals surface area contributed by atoms with E-state index >= 15 is 0 Å². The van der Waals surface area contributed by atoms with E-state index in [0.29, 0.717) is 34.4 Å². The summed E-state index contributed by atoms with van der Waals surface area (Å²) in [5.74, 6) is 0.594. The lowest BCUT2D eigenvalue weighted by Gasteiger charge is -2.10. The maximum absolute atomic E-state index is 12.4. The Kier molecular flexibility index (Phi) is 6.23. The zero-order valence-corrected chi connectivity index (χ0v) is 17.1. The van der Waals surface area contributed by atoms with Crippen molar-refractivity contribution in [2.24, 2.45) is 5.73 Å². The Hall–Kier alpha value is -2.55. The summed E-state index contributed by atoms with van der Waals surface area (Å²) in [6.07, 6.45) is 0.668. The SMILES string of the molecule is N=C(N)c1ccc(CCOc2cccc(NS(=O)(=O)c3ccc(Cl)s3)c2)cc1. The molecule has 0 unspecified atom stereocenters. The molecule has 0 amide bonds. The van der Waals surface area contributed by atoms with Gasteiger partial charge in [-0.3, -0.25) is 10.1 Å². The monoisotopic (exact) mass is 435 g/mol. The van der Waals surface area contributed by atoms with E-state index in [4.69, 9.17) is 27.5 Å². The molecule has 146 valence electrons. The first kappa shape index (κ1) is 20.2. The summed E-state index contributed by atoms with van der Waals surface area (Å²) < 4.78 is 33.6.